The van der Waals surface area contributed by atoms with Crippen molar-refractivity contribution >= 4 is 24.0 Å². The van der Waals surface area contributed by atoms with Crippen LogP contribution in [0.4, 0.5) is 10.5 Å². The van der Waals surface area contributed by atoms with Crippen LogP contribution in [0.1, 0.15) is 46.6 Å². The average Bonchev–Trinajstić information content (AvgIpc) is 2.97. The molecule has 2 amide bonds. The molecule has 40 heavy (non-hydrogen) atoms. The van der Waals surface area contributed by atoms with Gasteiger partial charge in [0.15, 0.2) is 6.29 Å². The van der Waals surface area contributed by atoms with Gasteiger partial charge in [-0.05, 0) is 37.6 Å². The van der Waals surface area contributed by atoms with Gasteiger partial charge in [-0.1, -0.05) is 39.8 Å². The van der Waals surface area contributed by atoms with Gasteiger partial charge < -0.3 is 55.4 Å². The van der Waals surface area contributed by atoms with E-state index in [4.69, 9.17) is 19.3 Å². The second-order valence-electron chi connectivity index (χ2n) is 8.58. The number of nitrogens with zero attached hydrogens (tertiary/aromatic N) is 1. The highest BCUT2D eigenvalue weighted by molar-refractivity contribution is 5.90. The van der Waals surface area contributed by atoms with E-state index in [-0.39, 0.29) is 31.5 Å². The molecule has 1 aliphatic rings. The van der Waals surface area contributed by atoms with Crippen LogP contribution in [0, 0.1) is 5.92 Å². The van der Waals surface area contributed by atoms with Gasteiger partial charge in [0.05, 0.1) is 25.2 Å². The third-order valence-corrected chi connectivity index (χ3v) is 5.58. The molecule has 2 unspecified atom stereocenters. The van der Waals surface area contributed by atoms with Crippen LogP contribution < -0.4 is 11.1 Å². The maximum Gasteiger partial charge on any atom is 0.410 e. The minimum absolute atomic E-state index is 0.0115. The van der Waals surface area contributed by atoms with Crippen LogP contribution >= 0.6 is 0 Å². The van der Waals surface area contributed by atoms with E-state index in [0.717, 1.165) is 7.11 Å². The van der Waals surface area contributed by atoms with Gasteiger partial charge in [0.1, 0.15) is 31.2 Å². The Bertz CT molecular complexity index is 825. The van der Waals surface area contributed by atoms with Crippen molar-refractivity contribution in [3.63, 3.8) is 0 Å². The average molecular weight is 576 g/mol. The predicted octanol–water partition coefficient (Wildman–Crippen LogP) is 0.861. The number of hydrogen-bond acceptors (Lipinski definition) is 11. The van der Waals surface area contributed by atoms with Gasteiger partial charge >= 0.3 is 6.09 Å². The van der Waals surface area contributed by atoms with Gasteiger partial charge in [0.25, 0.3) is 0 Å². The van der Waals surface area contributed by atoms with E-state index >= 15 is 0 Å². The summed E-state index contributed by atoms with van der Waals surface area (Å²) in [5, 5.41) is 39.1. The lowest BCUT2D eigenvalue weighted by Gasteiger charge is -2.38. The molecule has 0 aromatic heterocycles. The van der Waals surface area contributed by atoms with Crippen molar-refractivity contribution in [2.24, 2.45) is 11.7 Å². The summed E-state index contributed by atoms with van der Waals surface area (Å²) in [6.07, 6.45) is -5.84. The molecule has 13 heteroatoms. The van der Waals surface area contributed by atoms with Gasteiger partial charge in [0, 0.05) is 19.8 Å². The van der Waals surface area contributed by atoms with Gasteiger partial charge in [-0.2, -0.15) is 0 Å². The van der Waals surface area contributed by atoms with Crippen LogP contribution in [0.15, 0.2) is 24.3 Å². The van der Waals surface area contributed by atoms with Crippen molar-refractivity contribution in [2.45, 2.75) is 84.4 Å². The van der Waals surface area contributed by atoms with E-state index in [1.165, 1.54) is 19.0 Å². The van der Waals surface area contributed by atoms with Gasteiger partial charge in [-0.15, -0.1) is 0 Å². The second-order valence-corrected chi connectivity index (χ2v) is 8.58. The van der Waals surface area contributed by atoms with Crippen LogP contribution in [0.2, 0.25) is 0 Å². The van der Waals surface area contributed by atoms with E-state index in [0.29, 0.717) is 17.5 Å². The zero-order chi connectivity index (χ0) is 31.4. The first-order valence-corrected chi connectivity index (χ1v) is 13.1. The summed E-state index contributed by atoms with van der Waals surface area (Å²) in [7, 11) is 4.01. The molecular weight excluding hydrogens is 526 g/mol. The lowest BCUT2D eigenvalue weighted by Crippen LogP contribution is -2.57. The monoisotopic (exact) mass is 575 g/mol. The van der Waals surface area contributed by atoms with Gasteiger partial charge in [-0.25, -0.2) is 4.79 Å². The number of aldehydes is 1. The quantitative estimate of drug-likeness (QED) is 0.216. The molecule has 0 radical (unpaired) electrons. The number of likely N-dealkylation sites (N-methyl/N-ethyl adjacent to an activating group) is 1. The first-order chi connectivity index (χ1) is 19.0. The van der Waals surface area contributed by atoms with E-state index in [9.17, 15) is 29.7 Å². The third-order valence-electron chi connectivity index (χ3n) is 5.58. The molecule has 0 bridgehead atoms. The first-order valence-electron chi connectivity index (χ1n) is 13.1. The number of carbonyl (C=O) groups excluding carboxylic acids is 3. The molecule has 1 aliphatic heterocycles. The van der Waals surface area contributed by atoms with Crippen LogP contribution in [-0.2, 0) is 30.4 Å². The zero-order valence-corrected chi connectivity index (χ0v) is 24.8. The molecule has 13 nitrogen and oxygen atoms in total. The SMILES string of the molecule is CC.CC(C)[C@@H](C=O)N(C)C(=O)OCc1ccc(NC(=O)CCO[C@@H]2O[C@H](C)C(O)[C@H](O)C2O)cc1.CN.CO. The second kappa shape index (κ2) is 22.1. The molecule has 1 heterocycles. The fraction of sp³-hybridized carbons (Fsp3) is 0.667. The van der Waals surface area contributed by atoms with Gasteiger partial charge in [-0.3, -0.25) is 4.79 Å². The first kappa shape index (κ1) is 39.5. The number of hydrogen-bond donors (Lipinski definition) is 6. The topological polar surface area (TPSA) is 201 Å². The molecule has 6 atom stereocenters. The van der Waals surface area contributed by atoms with Crippen LogP contribution in [-0.4, -0.2) is 108 Å². The number of carbonyl (C=O) groups is 3. The Morgan fingerprint density at radius 3 is 2.12 bits per heavy atom. The number of ether oxygens (including phenoxy) is 3. The molecule has 2 rings (SSSR count). The summed E-state index contributed by atoms with van der Waals surface area (Å²) in [6, 6.07) is 6.13. The molecule has 1 fully saturated rings. The van der Waals surface area contributed by atoms with E-state index in [1.807, 2.05) is 27.7 Å². The van der Waals surface area contributed by atoms with Crippen molar-refractivity contribution in [3.05, 3.63) is 29.8 Å². The Hall–Kier alpha value is -2.65. The maximum atomic E-state index is 12.2. The minimum Gasteiger partial charge on any atom is -0.445 e. The highest BCUT2D eigenvalue weighted by atomic mass is 16.7. The summed E-state index contributed by atoms with van der Waals surface area (Å²) in [5.74, 6) is -0.375. The molecule has 1 saturated heterocycles. The van der Waals surface area contributed by atoms with Crippen LogP contribution in [0.3, 0.4) is 0 Å². The molecule has 1 aromatic carbocycles. The maximum absolute atomic E-state index is 12.2. The molecule has 1 aromatic rings. The number of anilines is 1. The van der Waals surface area contributed by atoms with E-state index < -0.39 is 42.8 Å². The number of amides is 2. The van der Waals surface area contributed by atoms with Crippen LogP contribution in [0.5, 0.6) is 0 Å². The van der Waals surface area contributed by atoms with Gasteiger partial charge in [0.2, 0.25) is 5.91 Å². The number of nitrogens with two attached hydrogens (primary N) is 1. The summed E-state index contributed by atoms with van der Waals surface area (Å²) < 4.78 is 15.9. The predicted molar refractivity (Wildman–Crippen MR) is 150 cm³/mol. The standard InChI is InChI=1S/C23H34N2O9.C2H6.CH5N.CH4O/c1-13(2)17(11-26)25(4)23(31)33-12-15-5-7-16(8-6-15)24-18(27)9-10-32-22-21(30)20(29)19(28)14(3)34-22;3*1-2/h5-8,11,13-14,17,19-22,28-30H,9-10,12H2,1-4H3,(H,24,27);1-2H3;2H2,1H3;2H,1H3/t14-,17-,19?,20+,21?,22-;;;/m1.../s1. The molecule has 0 saturated carbocycles. The Labute approximate surface area is 237 Å². The molecule has 0 spiro atoms. The Kier molecular flexibility index (Phi) is 21.8. The Morgan fingerprint density at radius 1 is 1.07 bits per heavy atom. The third kappa shape index (κ3) is 13.1. The van der Waals surface area contributed by atoms with E-state index in [2.05, 4.69) is 11.1 Å². The lowest BCUT2D eigenvalue weighted by molar-refractivity contribution is -0.292. The highest BCUT2D eigenvalue weighted by Crippen LogP contribution is 2.22. The van der Waals surface area contributed by atoms with Crippen molar-refractivity contribution in [1.29, 1.82) is 0 Å². The fourth-order valence-corrected chi connectivity index (χ4v) is 3.39. The van der Waals surface area contributed by atoms with Crippen molar-refractivity contribution in [2.75, 3.05) is 33.1 Å². The Balaban J connectivity index is 0. The molecular formula is C27H49N3O10. The number of nitrogens with one attached hydrogen (secondary N) is 1. The van der Waals surface area contributed by atoms with E-state index in [1.54, 1.807) is 31.2 Å². The summed E-state index contributed by atoms with van der Waals surface area (Å²) in [4.78, 5) is 36.7. The number of aliphatic hydroxyl groups is 4. The minimum atomic E-state index is -1.43. The van der Waals surface area contributed by atoms with Crippen molar-refractivity contribution in [3.8, 4) is 0 Å². The summed E-state index contributed by atoms with van der Waals surface area (Å²) >= 11 is 0. The Morgan fingerprint density at radius 2 is 1.62 bits per heavy atom. The zero-order valence-electron chi connectivity index (χ0n) is 24.8. The summed E-state index contributed by atoms with van der Waals surface area (Å²) in [6.45, 7) is 9.16. The summed E-state index contributed by atoms with van der Waals surface area (Å²) in [5.41, 5.74) is 5.73. The smallest absolute Gasteiger partial charge is 0.410 e. The highest BCUT2D eigenvalue weighted by Gasteiger charge is 2.42. The molecule has 7 N–H and O–H groups in total. The van der Waals surface area contributed by atoms with Crippen molar-refractivity contribution in [1.82, 2.24) is 4.90 Å². The molecule has 0 aliphatic carbocycles. The number of rotatable bonds is 10. The number of aliphatic hydroxyl groups excluding tert-OH is 4. The largest absolute Gasteiger partial charge is 0.445 e. The lowest BCUT2D eigenvalue weighted by atomic mass is 10.0. The number of benzene rings is 1. The van der Waals surface area contributed by atoms with Crippen LogP contribution in [0.25, 0.3) is 0 Å². The molecule has 232 valence electrons. The normalized spacial score (nSPS) is 22.1. The van der Waals surface area contributed by atoms with Crippen molar-refractivity contribution < 1.29 is 49.0 Å². The fourth-order valence-electron chi connectivity index (χ4n) is 3.39.